The highest BCUT2D eigenvalue weighted by molar-refractivity contribution is 6.11. The van der Waals surface area contributed by atoms with E-state index in [0.717, 1.165) is 6.07 Å². The standard InChI is InChI=1S/C33H28O10/c1-39-19-8-4-16(5-9-19)32-28(30(37)26-22(35)12-18(34)13-24(26)42-32)29-31(38)27-23(36)14-21(41-3)15-25(27)43-33(29)17-6-10-20(40-2)11-7-17/h4-15,28-29,32-36H,1-3H3/t28-,29-,32-,33-/m0/s1. The number of phenols is 3. The van der Waals surface area contributed by atoms with E-state index in [2.05, 4.69) is 0 Å². The predicted molar refractivity (Wildman–Crippen MR) is 153 cm³/mol. The number of ether oxygens (including phenoxy) is 5. The minimum absolute atomic E-state index is 0.0299. The average molecular weight is 585 g/mol. The second-order valence-electron chi connectivity index (χ2n) is 10.3. The first-order valence-corrected chi connectivity index (χ1v) is 13.4. The third-order valence-corrected chi connectivity index (χ3v) is 7.89. The van der Waals surface area contributed by atoms with Gasteiger partial charge in [-0.1, -0.05) is 24.3 Å². The van der Waals surface area contributed by atoms with E-state index >= 15 is 0 Å². The van der Waals surface area contributed by atoms with E-state index in [0.29, 0.717) is 22.6 Å². The monoisotopic (exact) mass is 584 g/mol. The van der Waals surface area contributed by atoms with Gasteiger partial charge < -0.3 is 39.0 Å². The number of fused-ring (bicyclic) bond motifs is 2. The quantitative estimate of drug-likeness (QED) is 0.270. The van der Waals surface area contributed by atoms with E-state index in [4.69, 9.17) is 23.7 Å². The van der Waals surface area contributed by atoms with Crippen molar-refractivity contribution in [2.75, 3.05) is 21.3 Å². The van der Waals surface area contributed by atoms with Gasteiger partial charge in [0.2, 0.25) is 0 Å². The lowest BCUT2D eigenvalue weighted by Crippen LogP contribution is -2.45. The van der Waals surface area contributed by atoms with Gasteiger partial charge in [-0.15, -0.1) is 0 Å². The summed E-state index contributed by atoms with van der Waals surface area (Å²) >= 11 is 0. The molecular formula is C33H28O10. The van der Waals surface area contributed by atoms with Crippen LogP contribution in [0.1, 0.15) is 44.1 Å². The Bertz CT molecular complexity index is 1710. The van der Waals surface area contributed by atoms with Crippen molar-refractivity contribution in [3.8, 4) is 46.0 Å². The molecule has 4 aromatic carbocycles. The fourth-order valence-electron chi connectivity index (χ4n) is 5.83. The minimum Gasteiger partial charge on any atom is -0.508 e. The Morgan fingerprint density at radius 2 is 0.977 bits per heavy atom. The molecule has 0 spiro atoms. The van der Waals surface area contributed by atoms with Gasteiger partial charge in [-0.2, -0.15) is 0 Å². The molecule has 0 radical (unpaired) electrons. The van der Waals surface area contributed by atoms with E-state index in [1.165, 1.54) is 39.5 Å². The zero-order valence-corrected chi connectivity index (χ0v) is 23.4. The number of carbonyl (C=O) groups is 2. The maximum Gasteiger partial charge on any atom is 0.178 e. The van der Waals surface area contributed by atoms with Crippen LogP contribution in [0, 0.1) is 11.8 Å². The summed E-state index contributed by atoms with van der Waals surface area (Å²) < 4.78 is 28.6. The first-order chi connectivity index (χ1) is 20.7. The first-order valence-electron chi connectivity index (χ1n) is 13.4. The van der Waals surface area contributed by atoms with Gasteiger partial charge in [-0.25, -0.2) is 0 Å². The lowest BCUT2D eigenvalue weighted by molar-refractivity contribution is 0.0129. The summed E-state index contributed by atoms with van der Waals surface area (Å²) in [6.07, 6.45) is -2.07. The van der Waals surface area contributed by atoms with Crippen molar-refractivity contribution in [3.63, 3.8) is 0 Å². The summed E-state index contributed by atoms with van der Waals surface area (Å²) in [5, 5.41) is 31.8. The fraction of sp³-hybridized carbons (Fsp3) is 0.212. The molecule has 10 nitrogen and oxygen atoms in total. The van der Waals surface area contributed by atoms with Crippen LogP contribution < -0.4 is 23.7 Å². The van der Waals surface area contributed by atoms with Crippen molar-refractivity contribution in [2.45, 2.75) is 12.2 Å². The number of phenolic OH excluding ortho intramolecular Hbond substituents is 3. The van der Waals surface area contributed by atoms with Gasteiger partial charge >= 0.3 is 0 Å². The molecule has 2 heterocycles. The third kappa shape index (κ3) is 4.70. The Hall–Kier alpha value is -5.38. The van der Waals surface area contributed by atoms with Crippen LogP contribution in [0.3, 0.4) is 0 Å². The second kappa shape index (κ2) is 10.8. The lowest BCUT2D eigenvalue weighted by Gasteiger charge is -2.42. The number of methoxy groups -OCH3 is 3. The predicted octanol–water partition coefficient (Wildman–Crippen LogP) is 5.39. The van der Waals surface area contributed by atoms with Gasteiger partial charge in [0.15, 0.2) is 11.6 Å². The number of hydrogen-bond donors (Lipinski definition) is 3. The highest BCUT2D eigenvalue weighted by Crippen LogP contribution is 2.53. The van der Waals surface area contributed by atoms with Crippen LogP contribution in [0.2, 0.25) is 0 Å². The molecule has 4 atom stereocenters. The number of aromatic hydroxyl groups is 3. The summed E-state index contributed by atoms with van der Waals surface area (Å²) in [5.74, 6) is -3.25. The number of hydrogen-bond acceptors (Lipinski definition) is 10. The van der Waals surface area contributed by atoms with E-state index in [1.54, 1.807) is 48.5 Å². The zero-order chi connectivity index (χ0) is 30.4. The molecule has 2 aliphatic heterocycles. The Labute approximate surface area is 246 Å². The molecule has 6 rings (SSSR count). The molecule has 2 aliphatic rings. The van der Waals surface area contributed by atoms with Crippen LogP contribution >= 0.6 is 0 Å². The van der Waals surface area contributed by atoms with Gasteiger partial charge in [-0.3, -0.25) is 9.59 Å². The molecule has 220 valence electrons. The number of rotatable bonds is 6. The Morgan fingerprint density at radius 3 is 1.42 bits per heavy atom. The molecule has 3 N–H and O–H groups in total. The maximum atomic E-state index is 14.5. The summed E-state index contributed by atoms with van der Waals surface area (Å²) in [6, 6.07) is 18.8. The number of ketones is 2. The van der Waals surface area contributed by atoms with Crippen molar-refractivity contribution in [1.29, 1.82) is 0 Å². The number of Topliss-reactive ketones (excluding diaryl/α,β-unsaturated/α-hetero) is 2. The highest BCUT2D eigenvalue weighted by Gasteiger charge is 2.53. The van der Waals surface area contributed by atoms with Gasteiger partial charge in [-0.05, 0) is 35.4 Å². The molecule has 0 bridgehead atoms. The molecule has 0 amide bonds. The van der Waals surface area contributed by atoms with Crippen molar-refractivity contribution >= 4 is 11.6 Å². The Morgan fingerprint density at radius 1 is 0.558 bits per heavy atom. The molecule has 0 saturated carbocycles. The Balaban J connectivity index is 1.57. The van der Waals surface area contributed by atoms with Crippen molar-refractivity contribution in [3.05, 3.63) is 95.1 Å². The van der Waals surface area contributed by atoms with Crippen molar-refractivity contribution < 1.29 is 48.6 Å². The molecule has 0 aliphatic carbocycles. The van der Waals surface area contributed by atoms with E-state index < -0.39 is 41.4 Å². The molecule has 0 fully saturated rings. The molecule has 10 heteroatoms. The van der Waals surface area contributed by atoms with Crippen molar-refractivity contribution in [2.24, 2.45) is 11.8 Å². The van der Waals surface area contributed by atoms with Crippen LogP contribution in [0.25, 0.3) is 0 Å². The SMILES string of the molecule is COc1ccc([C@@H]2Oc3cc(O)cc(O)c3C(=O)[C@@H]2[C@H]2C(=O)c3c(O)cc(OC)cc3O[C@H]2c2ccc(OC)cc2)cc1. The third-order valence-electron chi connectivity index (χ3n) is 7.89. The summed E-state index contributed by atoms with van der Waals surface area (Å²) in [5.41, 5.74) is 0.837. The van der Waals surface area contributed by atoms with E-state index in [-0.39, 0.29) is 39.9 Å². The van der Waals surface area contributed by atoms with Gasteiger partial charge in [0, 0.05) is 24.3 Å². The zero-order valence-electron chi connectivity index (χ0n) is 23.4. The van der Waals surface area contributed by atoms with Gasteiger partial charge in [0.05, 0.1) is 33.2 Å². The minimum atomic E-state index is -1.23. The average Bonchev–Trinajstić information content (AvgIpc) is 3.00. The first kappa shape index (κ1) is 27.8. The van der Waals surface area contributed by atoms with E-state index in [1.807, 2.05) is 0 Å². The molecule has 43 heavy (non-hydrogen) atoms. The summed E-state index contributed by atoms with van der Waals surface area (Å²) in [7, 11) is 4.48. The van der Waals surface area contributed by atoms with Crippen LogP contribution in [0.4, 0.5) is 0 Å². The smallest absolute Gasteiger partial charge is 0.178 e. The van der Waals surface area contributed by atoms with Gasteiger partial charge in [0.25, 0.3) is 0 Å². The highest BCUT2D eigenvalue weighted by atomic mass is 16.5. The van der Waals surface area contributed by atoms with Crippen LogP contribution in [0.5, 0.6) is 46.0 Å². The molecule has 0 aromatic heterocycles. The maximum absolute atomic E-state index is 14.5. The fourth-order valence-corrected chi connectivity index (χ4v) is 5.83. The topological polar surface area (TPSA) is 141 Å². The Kier molecular flexibility index (Phi) is 6.97. The van der Waals surface area contributed by atoms with Crippen LogP contribution in [0.15, 0.2) is 72.8 Å². The van der Waals surface area contributed by atoms with E-state index in [9.17, 15) is 24.9 Å². The molecule has 0 unspecified atom stereocenters. The largest absolute Gasteiger partial charge is 0.508 e. The van der Waals surface area contributed by atoms with Crippen LogP contribution in [-0.4, -0.2) is 48.2 Å². The van der Waals surface area contributed by atoms with Gasteiger partial charge in [0.1, 0.15) is 69.3 Å². The van der Waals surface area contributed by atoms with Crippen molar-refractivity contribution in [1.82, 2.24) is 0 Å². The molecular weight excluding hydrogens is 556 g/mol. The normalized spacial score (nSPS) is 20.7. The molecule has 4 aromatic rings. The summed E-state index contributed by atoms with van der Waals surface area (Å²) in [4.78, 5) is 28.9. The number of carbonyl (C=O) groups excluding carboxylic acids is 2. The summed E-state index contributed by atoms with van der Waals surface area (Å²) in [6.45, 7) is 0. The second-order valence-corrected chi connectivity index (χ2v) is 10.3. The lowest BCUT2D eigenvalue weighted by atomic mass is 9.69. The van der Waals surface area contributed by atoms with Crippen LogP contribution in [-0.2, 0) is 0 Å². The number of benzene rings is 4. The molecule has 0 saturated heterocycles.